The topological polar surface area (TPSA) is 99.2 Å². The molecule has 0 unspecified atom stereocenters. The van der Waals surface area contributed by atoms with Crippen molar-refractivity contribution in [3.63, 3.8) is 0 Å². The second kappa shape index (κ2) is 11.1. The molecule has 0 aromatic heterocycles. The van der Waals surface area contributed by atoms with Crippen molar-refractivity contribution in [2.24, 2.45) is 11.8 Å². The van der Waals surface area contributed by atoms with Crippen LogP contribution in [0.4, 0.5) is 5.69 Å². The molecule has 0 bridgehead atoms. The van der Waals surface area contributed by atoms with Crippen LogP contribution in [0.5, 0.6) is 5.75 Å². The van der Waals surface area contributed by atoms with Crippen molar-refractivity contribution < 1.29 is 23.1 Å². The van der Waals surface area contributed by atoms with Gasteiger partial charge in [-0.2, -0.15) is 0 Å². The van der Waals surface area contributed by atoms with Gasteiger partial charge < -0.3 is 19.6 Å². The first-order chi connectivity index (χ1) is 15.6. The van der Waals surface area contributed by atoms with Crippen LogP contribution in [0, 0.1) is 11.8 Å². The number of nitrogens with one attached hydrogen (secondary N) is 1. The Bertz CT molecular complexity index is 917. The van der Waals surface area contributed by atoms with Crippen LogP contribution in [0.3, 0.4) is 0 Å². The third kappa shape index (κ3) is 7.07. The van der Waals surface area contributed by atoms with Crippen LogP contribution < -0.4 is 9.46 Å². The molecule has 9 heteroatoms. The lowest BCUT2D eigenvalue weighted by Gasteiger charge is -2.38. The van der Waals surface area contributed by atoms with E-state index >= 15 is 0 Å². The molecule has 0 spiro atoms. The van der Waals surface area contributed by atoms with E-state index in [4.69, 9.17) is 4.74 Å². The lowest BCUT2D eigenvalue weighted by molar-refractivity contribution is 0.0330. The molecule has 1 saturated carbocycles. The summed E-state index contributed by atoms with van der Waals surface area (Å²) >= 11 is 0. The summed E-state index contributed by atoms with van der Waals surface area (Å²) in [4.78, 5) is 17.4. The van der Waals surface area contributed by atoms with Crippen LogP contribution in [0.2, 0.25) is 0 Å². The number of benzene rings is 1. The maximum Gasteiger partial charge on any atom is 0.258 e. The fourth-order valence-electron chi connectivity index (χ4n) is 4.91. The van der Waals surface area contributed by atoms with Crippen molar-refractivity contribution >= 4 is 21.6 Å². The van der Waals surface area contributed by atoms with E-state index in [1.54, 1.807) is 17.0 Å². The molecule has 1 aliphatic carbocycles. The smallest absolute Gasteiger partial charge is 0.258 e. The van der Waals surface area contributed by atoms with Gasteiger partial charge in [-0.3, -0.25) is 9.52 Å². The monoisotopic (exact) mass is 481 g/mol. The zero-order chi connectivity index (χ0) is 24.2. The first kappa shape index (κ1) is 25.8. The van der Waals surface area contributed by atoms with E-state index in [0.29, 0.717) is 23.5 Å². The summed E-state index contributed by atoms with van der Waals surface area (Å²) in [7, 11) is -1.36. The SMILES string of the molecule is C[C@H]1CN([C@@H](C)CO)C(=O)c2cc(NS(C)(=O)=O)ccc2O[C@@H]1CN(C)CC1CCCCC1. The lowest BCUT2D eigenvalue weighted by atomic mass is 9.89. The number of likely N-dealkylation sites (N-methyl/N-ethyl adjacent to an activating group) is 1. The fourth-order valence-corrected chi connectivity index (χ4v) is 5.47. The number of aliphatic hydroxyl groups is 1. The van der Waals surface area contributed by atoms with Crippen molar-refractivity contribution in [1.82, 2.24) is 9.80 Å². The molecule has 1 aliphatic heterocycles. The van der Waals surface area contributed by atoms with E-state index in [1.807, 2.05) is 6.92 Å². The molecule has 33 heavy (non-hydrogen) atoms. The van der Waals surface area contributed by atoms with Crippen molar-refractivity contribution in [2.45, 2.75) is 58.1 Å². The summed E-state index contributed by atoms with van der Waals surface area (Å²) in [6.45, 7) is 5.96. The molecule has 1 heterocycles. The highest BCUT2D eigenvalue weighted by molar-refractivity contribution is 7.92. The molecule has 1 aromatic rings. The predicted molar refractivity (Wildman–Crippen MR) is 130 cm³/mol. The van der Waals surface area contributed by atoms with Gasteiger partial charge in [0, 0.05) is 31.2 Å². The molecule has 3 rings (SSSR count). The number of ether oxygens (including phenoxy) is 1. The number of rotatable bonds is 8. The van der Waals surface area contributed by atoms with Crippen molar-refractivity contribution in [1.29, 1.82) is 0 Å². The molecule has 186 valence electrons. The van der Waals surface area contributed by atoms with Gasteiger partial charge in [0.1, 0.15) is 11.9 Å². The number of anilines is 1. The normalized spacial score (nSPS) is 23.5. The third-order valence-electron chi connectivity index (χ3n) is 6.75. The second-order valence-electron chi connectivity index (χ2n) is 9.93. The number of nitrogens with zero attached hydrogens (tertiary/aromatic N) is 2. The standard InChI is InChI=1S/C24H39N3O5S/c1-17-13-27(18(2)16-28)24(29)21-12-20(25-33(4,30)31)10-11-22(21)32-23(17)15-26(3)14-19-8-6-5-7-9-19/h10-12,17-19,23,25,28H,5-9,13-16H2,1-4H3/t17-,18-,23+/m0/s1. The Morgan fingerprint density at radius 3 is 2.58 bits per heavy atom. The molecule has 1 amide bonds. The Kier molecular flexibility index (Phi) is 8.64. The van der Waals surface area contributed by atoms with E-state index < -0.39 is 10.0 Å². The van der Waals surface area contributed by atoms with Gasteiger partial charge in [0.05, 0.1) is 24.5 Å². The zero-order valence-electron chi connectivity index (χ0n) is 20.3. The van der Waals surface area contributed by atoms with Crippen LogP contribution >= 0.6 is 0 Å². The van der Waals surface area contributed by atoms with Gasteiger partial charge in [0.15, 0.2) is 0 Å². The number of aliphatic hydroxyl groups excluding tert-OH is 1. The molecule has 0 saturated heterocycles. The molecular formula is C24H39N3O5S. The Balaban J connectivity index is 1.86. The second-order valence-corrected chi connectivity index (χ2v) is 11.7. The molecule has 1 aromatic carbocycles. The molecular weight excluding hydrogens is 442 g/mol. The minimum Gasteiger partial charge on any atom is -0.488 e. The summed E-state index contributed by atoms with van der Waals surface area (Å²) in [5.74, 6) is 0.942. The molecule has 0 radical (unpaired) electrons. The fraction of sp³-hybridized carbons (Fsp3) is 0.708. The van der Waals surface area contributed by atoms with E-state index in [-0.39, 0.29) is 30.6 Å². The number of hydrogen-bond donors (Lipinski definition) is 2. The first-order valence-corrected chi connectivity index (χ1v) is 13.9. The van der Waals surface area contributed by atoms with E-state index in [9.17, 15) is 18.3 Å². The first-order valence-electron chi connectivity index (χ1n) is 12.0. The van der Waals surface area contributed by atoms with Crippen molar-refractivity contribution in [3.8, 4) is 5.75 Å². The highest BCUT2D eigenvalue weighted by atomic mass is 32.2. The maximum atomic E-state index is 13.4. The van der Waals surface area contributed by atoms with Crippen molar-refractivity contribution in [2.75, 3.05) is 44.3 Å². The lowest BCUT2D eigenvalue weighted by Crippen LogP contribution is -2.50. The van der Waals surface area contributed by atoms with Gasteiger partial charge in [-0.25, -0.2) is 8.42 Å². The average molecular weight is 482 g/mol. The molecule has 3 atom stereocenters. The number of amides is 1. The van der Waals surface area contributed by atoms with E-state index in [0.717, 1.165) is 25.3 Å². The Morgan fingerprint density at radius 1 is 1.24 bits per heavy atom. The zero-order valence-corrected chi connectivity index (χ0v) is 21.1. The minimum absolute atomic E-state index is 0.0544. The summed E-state index contributed by atoms with van der Waals surface area (Å²) in [5.41, 5.74) is 0.611. The molecule has 2 N–H and O–H groups in total. The number of sulfonamides is 1. The number of hydrogen-bond acceptors (Lipinski definition) is 6. The quantitative estimate of drug-likeness (QED) is 0.592. The van der Waals surface area contributed by atoms with Gasteiger partial charge >= 0.3 is 0 Å². The Labute approximate surface area is 198 Å². The van der Waals surface area contributed by atoms with Gasteiger partial charge in [0.2, 0.25) is 10.0 Å². The Morgan fingerprint density at radius 2 is 1.94 bits per heavy atom. The number of carbonyl (C=O) groups is 1. The van der Waals surface area contributed by atoms with Gasteiger partial charge in [-0.05, 0) is 50.9 Å². The minimum atomic E-state index is -3.48. The van der Waals surface area contributed by atoms with Crippen molar-refractivity contribution in [3.05, 3.63) is 23.8 Å². The van der Waals surface area contributed by atoms with Crippen LogP contribution in [0.15, 0.2) is 18.2 Å². The predicted octanol–water partition coefficient (Wildman–Crippen LogP) is 2.79. The average Bonchev–Trinajstić information content (AvgIpc) is 2.75. The molecule has 1 fully saturated rings. The van der Waals surface area contributed by atoms with Gasteiger partial charge in [0.25, 0.3) is 5.91 Å². The number of fused-ring (bicyclic) bond motifs is 1. The highest BCUT2D eigenvalue weighted by Crippen LogP contribution is 2.31. The van der Waals surface area contributed by atoms with Crippen LogP contribution in [0.1, 0.15) is 56.3 Å². The summed E-state index contributed by atoms with van der Waals surface area (Å²) in [6, 6.07) is 4.43. The highest BCUT2D eigenvalue weighted by Gasteiger charge is 2.34. The van der Waals surface area contributed by atoms with E-state index in [2.05, 4.69) is 23.6 Å². The number of carbonyl (C=O) groups excluding carboxylic acids is 1. The van der Waals surface area contributed by atoms with Crippen LogP contribution in [0.25, 0.3) is 0 Å². The van der Waals surface area contributed by atoms with Crippen LogP contribution in [-0.2, 0) is 10.0 Å². The maximum absolute atomic E-state index is 13.4. The molecule has 8 nitrogen and oxygen atoms in total. The van der Waals surface area contributed by atoms with Gasteiger partial charge in [-0.15, -0.1) is 0 Å². The van der Waals surface area contributed by atoms with Gasteiger partial charge in [-0.1, -0.05) is 26.2 Å². The summed E-state index contributed by atoms with van der Waals surface area (Å²) in [6.07, 6.45) is 7.43. The van der Waals surface area contributed by atoms with Crippen LogP contribution in [-0.4, -0.2) is 80.9 Å². The summed E-state index contributed by atoms with van der Waals surface area (Å²) in [5, 5.41) is 9.78. The summed E-state index contributed by atoms with van der Waals surface area (Å²) < 4.78 is 32.2. The van der Waals surface area contributed by atoms with E-state index in [1.165, 1.54) is 38.2 Å². The third-order valence-corrected chi connectivity index (χ3v) is 7.36. The molecule has 2 aliphatic rings. The Hall–Kier alpha value is -1.84. The largest absolute Gasteiger partial charge is 0.488 e.